The predicted molar refractivity (Wildman–Crippen MR) is 106 cm³/mol. The number of carbonyl (C=O) groups is 1. The van der Waals surface area contributed by atoms with E-state index in [-0.39, 0.29) is 11.5 Å². The summed E-state index contributed by atoms with van der Waals surface area (Å²) in [5.41, 5.74) is 2.17. The van der Waals surface area contributed by atoms with Gasteiger partial charge in [-0.25, -0.2) is 9.51 Å². The molecule has 2 aliphatic rings. The van der Waals surface area contributed by atoms with E-state index in [2.05, 4.69) is 20.3 Å². The van der Waals surface area contributed by atoms with E-state index in [0.717, 1.165) is 31.7 Å². The highest BCUT2D eigenvalue weighted by atomic mass is 16.3. The number of allylic oxidation sites excluding steroid dienone is 3. The van der Waals surface area contributed by atoms with Gasteiger partial charge in [0, 0.05) is 24.9 Å². The molecule has 0 aromatic carbocycles. The lowest BCUT2D eigenvalue weighted by atomic mass is 10.0. The number of anilines is 1. The third kappa shape index (κ3) is 3.50. The Bertz CT molecular complexity index is 964. The smallest absolute Gasteiger partial charge is 0.185 e. The molecular formula is C20H23N5O2. The third-order valence-corrected chi connectivity index (χ3v) is 5.03. The lowest BCUT2D eigenvalue weighted by Crippen LogP contribution is -2.26. The zero-order valence-electron chi connectivity index (χ0n) is 15.4. The maximum atomic E-state index is 11.7. The summed E-state index contributed by atoms with van der Waals surface area (Å²) in [5.74, 6) is 0.389. The van der Waals surface area contributed by atoms with Crippen LogP contribution in [0.25, 0.3) is 5.52 Å². The Hall–Kier alpha value is -2.93. The maximum absolute atomic E-state index is 11.7. The first-order valence-electron chi connectivity index (χ1n) is 9.28. The first kappa shape index (κ1) is 17.5. The quantitative estimate of drug-likeness (QED) is 0.796. The number of nitrogens with one attached hydrogen (secondary N) is 1. The Morgan fingerprint density at radius 1 is 1.26 bits per heavy atom. The number of aliphatic hydroxyl groups excluding tert-OH is 1. The minimum absolute atomic E-state index is 0.0826. The molecule has 7 nitrogen and oxygen atoms in total. The lowest BCUT2D eigenvalue weighted by Gasteiger charge is -2.14. The molecule has 2 aromatic rings. The fraction of sp³-hybridized carbons (Fsp3) is 0.350. The Balaban J connectivity index is 1.65. The third-order valence-electron chi connectivity index (χ3n) is 5.03. The van der Waals surface area contributed by atoms with Crippen molar-refractivity contribution in [2.75, 3.05) is 31.5 Å². The van der Waals surface area contributed by atoms with Gasteiger partial charge in [-0.3, -0.25) is 4.79 Å². The second kappa shape index (κ2) is 7.36. The number of likely N-dealkylation sites (tertiary alicyclic amines) is 1. The van der Waals surface area contributed by atoms with Crippen molar-refractivity contribution in [3.63, 3.8) is 0 Å². The molecule has 0 radical (unpaired) electrons. The van der Waals surface area contributed by atoms with Crippen LogP contribution in [0.1, 0.15) is 19.8 Å². The summed E-state index contributed by atoms with van der Waals surface area (Å²) in [6.45, 7) is 5.64. The van der Waals surface area contributed by atoms with Gasteiger partial charge in [0.2, 0.25) is 0 Å². The molecule has 3 heterocycles. The number of aromatic nitrogens is 2. The summed E-state index contributed by atoms with van der Waals surface area (Å²) in [7, 11) is 0. The molecule has 0 spiro atoms. The second-order valence-corrected chi connectivity index (χ2v) is 6.87. The van der Waals surface area contributed by atoms with E-state index in [1.54, 1.807) is 17.5 Å². The number of pyridine rings is 1. The maximum Gasteiger partial charge on any atom is 0.185 e. The summed E-state index contributed by atoms with van der Waals surface area (Å²) >= 11 is 0. The number of hydrogen-bond acceptors (Lipinski definition) is 6. The second-order valence-electron chi connectivity index (χ2n) is 6.87. The van der Waals surface area contributed by atoms with Crippen LogP contribution >= 0.6 is 0 Å². The molecule has 0 atom stereocenters. The van der Waals surface area contributed by atoms with Gasteiger partial charge < -0.3 is 15.3 Å². The van der Waals surface area contributed by atoms with E-state index in [9.17, 15) is 9.90 Å². The van der Waals surface area contributed by atoms with Crippen molar-refractivity contribution in [2.24, 2.45) is 4.99 Å². The zero-order valence-corrected chi connectivity index (χ0v) is 15.4. The molecular weight excluding hydrogens is 342 g/mol. The van der Waals surface area contributed by atoms with Crippen molar-refractivity contribution in [3.05, 3.63) is 47.9 Å². The molecule has 27 heavy (non-hydrogen) atoms. The summed E-state index contributed by atoms with van der Waals surface area (Å²) in [5, 5.41) is 18.3. The minimum atomic E-state index is -0.199. The largest absolute Gasteiger partial charge is 0.505 e. The number of aliphatic imine (C=N–C) groups is 1. The standard InChI is InChI=1S/C20H23N5O2/c1-14-17(26)8-7-15(19(14)27)22-18-16-6-2-3-12-25(16)23-20(18)21-9-13-24-10-4-5-11-24/h2-3,6-8,12,27H,4-5,9-11,13H2,1H3,(H,21,23)/b22-15+. The summed E-state index contributed by atoms with van der Waals surface area (Å²) in [6, 6.07) is 5.77. The zero-order chi connectivity index (χ0) is 18.8. The van der Waals surface area contributed by atoms with E-state index in [4.69, 9.17) is 0 Å². The molecule has 2 aromatic heterocycles. The molecule has 1 aliphatic carbocycles. The van der Waals surface area contributed by atoms with Gasteiger partial charge in [-0.1, -0.05) is 6.07 Å². The molecule has 4 rings (SSSR count). The molecule has 0 unspecified atom stereocenters. The first-order valence-corrected chi connectivity index (χ1v) is 9.28. The van der Waals surface area contributed by atoms with E-state index in [1.807, 2.05) is 24.4 Å². The average Bonchev–Trinajstić information content (AvgIpc) is 3.31. The molecule has 1 aliphatic heterocycles. The van der Waals surface area contributed by atoms with E-state index < -0.39 is 0 Å². The average molecular weight is 365 g/mol. The van der Waals surface area contributed by atoms with Crippen LogP contribution in [0.5, 0.6) is 0 Å². The molecule has 140 valence electrons. The molecule has 0 bridgehead atoms. The predicted octanol–water partition coefficient (Wildman–Crippen LogP) is 2.89. The van der Waals surface area contributed by atoms with Crippen molar-refractivity contribution in [2.45, 2.75) is 19.8 Å². The molecule has 1 fully saturated rings. The number of hydrogen-bond donors (Lipinski definition) is 2. The molecule has 1 saturated heterocycles. The SMILES string of the molecule is CC1=C(O)/C(=N/c2c(NCCN3CCCC3)nn3ccccc23)C=CC1=O. The van der Waals surface area contributed by atoms with Gasteiger partial charge in [-0.2, -0.15) is 0 Å². The fourth-order valence-corrected chi connectivity index (χ4v) is 3.43. The van der Waals surface area contributed by atoms with Crippen molar-refractivity contribution in [1.82, 2.24) is 14.5 Å². The minimum Gasteiger partial charge on any atom is -0.505 e. The van der Waals surface area contributed by atoms with Gasteiger partial charge in [0.05, 0.1) is 5.52 Å². The highest BCUT2D eigenvalue weighted by molar-refractivity contribution is 6.21. The van der Waals surface area contributed by atoms with Gasteiger partial charge in [-0.05, 0) is 57.1 Å². The van der Waals surface area contributed by atoms with Crippen LogP contribution in [0, 0.1) is 0 Å². The Labute approximate surface area is 157 Å². The number of carbonyl (C=O) groups excluding carboxylic acids is 1. The van der Waals surface area contributed by atoms with E-state index >= 15 is 0 Å². The van der Waals surface area contributed by atoms with Gasteiger partial charge in [0.15, 0.2) is 11.6 Å². The van der Waals surface area contributed by atoms with Gasteiger partial charge >= 0.3 is 0 Å². The molecule has 0 amide bonds. The highest BCUT2D eigenvalue weighted by Gasteiger charge is 2.19. The topological polar surface area (TPSA) is 82.2 Å². The molecule has 2 N–H and O–H groups in total. The molecule has 0 saturated carbocycles. The normalized spacial score (nSPS) is 19.6. The Morgan fingerprint density at radius 2 is 2.07 bits per heavy atom. The van der Waals surface area contributed by atoms with E-state index in [1.165, 1.54) is 18.9 Å². The van der Waals surface area contributed by atoms with Gasteiger partial charge in [0.25, 0.3) is 0 Å². The number of fused-ring (bicyclic) bond motifs is 1. The fourth-order valence-electron chi connectivity index (χ4n) is 3.43. The number of aliphatic hydroxyl groups is 1. The first-order chi connectivity index (χ1) is 13.1. The summed E-state index contributed by atoms with van der Waals surface area (Å²) in [4.78, 5) is 18.8. The van der Waals surface area contributed by atoms with Crippen molar-refractivity contribution < 1.29 is 9.90 Å². The Morgan fingerprint density at radius 3 is 2.89 bits per heavy atom. The van der Waals surface area contributed by atoms with Gasteiger partial charge in [-0.15, -0.1) is 5.10 Å². The van der Waals surface area contributed by atoms with Crippen LogP contribution < -0.4 is 5.32 Å². The van der Waals surface area contributed by atoms with Crippen LogP contribution in [0.2, 0.25) is 0 Å². The van der Waals surface area contributed by atoms with Crippen LogP contribution in [0.15, 0.2) is 52.9 Å². The van der Waals surface area contributed by atoms with Gasteiger partial charge in [0.1, 0.15) is 17.2 Å². The highest BCUT2D eigenvalue weighted by Crippen LogP contribution is 2.31. The van der Waals surface area contributed by atoms with Crippen LogP contribution in [-0.2, 0) is 4.79 Å². The van der Waals surface area contributed by atoms with E-state index in [0.29, 0.717) is 22.8 Å². The number of nitrogens with zero attached hydrogens (tertiary/aromatic N) is 4. The van der Waals surface area contributed by atoms with Crippen molar-refractivity contribution >= 4 is 28.5 Å². The van der Waals surface area contributed by atoms with Crippen LogP contribution in [0.4, 0.5) is 11.5 Å². The van der Waals surface area contributed by atoms with Crippen LogP contribution in [-0.4, -0.2) is 57.3 Å². The van der Waals surface area contributed by atoms with Crippen molar-refractivity contribution in [3.8, 4) is 0 Å². The summed E-state index contributed by atoms with van der Waals surface area (Å²) < 4.78 is 1.77. The van der Waals surface area contributed by atoms with Crippen molar-refractivity contribution in [1.29, 1.82) is 0 Å². The number of rotatable bonds is 5. The monoisotopic (exact) mass is 365 g/mol. The van der Waals surface area contributed by atoms with Crippen LogP contribution in [0.3, 0.4) is 0 Å². The summed E-state index contributed by atoms with van der Waals surface area (Å²) in [6.07, 6.45) is 7.38. The Kier molecular flexibility index (Phi) is 4.77. The lowest BCUT2D eigenvalue weighted by molar-refractivity contribution is -0.111. The number of ketones is 1. The molecule has 7 heteroatoms.